The number of aliphatic hydroxyl groups is 1. The van der Waals surface area contributed by atoms with Crippen molar-refractivity contribution < 1.29 is 9.84 Å². The van der Waals surface area contributed by atoms with Crippen LogP contribution in [-0.2, 0) is 0 Å². The van der Waals surface area contributed by atoms with Crippen molar-refractivity contribution in [2.24, 2.45) is 0 Å². The van der Waals surface area contributed by atoms with Gasteiger partial charge < -0.3 is 15.2 Å². The lowest BCUT2D eigenvalue weighted by Crippen LogP contribution is -2.32. The largest absolute Gasteiger partial charge is 0.491 e. The number of hydrogen-bond donors (Lipinski definition) is 2. The highest BCUT2D eigenvalue weighted by Gasteiger charge is 2.10. The standard InChI is InChI=1S/C17H23NO2S/c1-12-6-7-16(13(2)9-12)20-11-15(19)10-18-14(3)17-5-4-8-21-17/h4-9,14-15,18-19H,10-11H2,1-3H3/t14-,15?/m1/s1. The van der Waals surface area contributed by atoms with Crippen LogP contribution >= 0.6 is 11.3 Å². The fourth-order valence-electron chi connectivity index (χ4n) is 2.16. The van der Waals surface area contributed by atoms with Crippen LogP contribution in [0.4, 0.5) is 0 Å². The van der Waals surface area contributed by atoms with Gasteiger partial charge in [-0.2, -0.15) is 0 Å². The van der Waals surface area contributed by atoms with E-state index >= 15 is 0 Å². The molecule has 3 nitrogen and oxygen atoms in total. The molecule has 1 heterocycles. The molecule has 0 spiro atoms. The van der Waals surface area contributed by atoms with Crippen molar-refractivity contribution in [1.29, 1.82) is 0 Å². The topological polar surface area (TPSA) is 41.5 Å². The van der Waals surface area contributed by atoms with Crippen molar-refractivity contribution in [2.45, 2.75) is 32.9 Å². The normalized spacial score (nSPS) is 13.9. The van der Waals surface area contributed by atoms with E-state index in [1.54, 1.807) is 11.3 Å². The first-order valence-electron chi connectivity index (χ1n) is 7.21. The van der Waals surface area contributed by atoms with Crippen molar-refractivity contribution in [1.82, 2.24) is 5.32 Å². The van der Waals surface area contributed by atoms with Crippen LogP contribution in [0.5, 0.6) is 5.75 Å². The van der Waals surface area contributed by atoms with Crippen LogP contribution < -0.4 is 10.1 Å². The molecule has 2 atom stereocenters. The SMILES string of the molecule is Cc1ccc(OCC(O)CN[C@H](C)c2cccs2)c(C)c1. The first kappa shape index (κ1) is 16.0. The van der Waals surface area contributed by atoms with Gasteiger partial charge in [-0.05, 0) is 43.8 Å². The van der Waals surface area contributed by atoms with Crippen LogP contribution in [0.2, 0.25) is 0 Å². The first-order chi connectivity index (χ1) is 10.1. The zero-order valence-corrected chi connectivity index (χ0v) is 13.6. The molecule has 0 bridgehead atoms. The predicted octanol–water partition coefficient (Wildman–Crippen LogP) is 3.46. The molecule has 0 saturated carbocycles. The summed E-state index contributed by atoms with van der Waals surface area (Å²) >= 11 is 1.72. The third-order valence-electron chi connectivity index (χ3n) is 3.39. The van der Waals surface area contributed by atoms with E-state index < -0.39 is 6.10 Å². The average molecular weight is 305 g/mol. The Morgan fingerprint density at radius 1 is 1.29 bits per heavy atom. The highest BCUT2D eigenvalue weighted by molar-refractivity contribution is 7.10. The van der Waals surface area contributed by atoms with Gasteiger partial charge in [0.05, 0.1) is 0 Å². The molecule has 0 fully saturated rings. The maximum Gasteiger partial charge on any atom is 0.122 e. The molecule has 0 aliphatic carbocycles. The summed E-state index contributed by atoms with van der Waals surface area (Å²) in [6.07, 6.45) is -0.520. The molecule has 0 radical (unpaired) electrons. The van der Waals surface area contributed by atoms with E-state index in [-0.39, 0.29) is 6.04 Å². The zero-order chi connectivity index (χ0) is 15.2. The minimum atomic E-state index is -0.520. The van der Waals surface area contributed by atoms with Crippen LogP contribution in [0.1, 0.15) is 29.0 Å². The summed E-state index contributed by atoms with van der Waals surface area (Å²) in [5, 5.41) is 15.4. The molecule has 2 aromatic rings. The van der Waals surface area contributed by atoms with Gasteiger partial charge in [0.1, 0.15) is 18.5 Å². The quantitative estimate of drug-likeness (QED) is 0.823. The van der Waals surface area contributed by atoms with Crippen LogP contribution in [0.15, 0.2) is 35.7 Å². The van der Waals surface area contributed by atoms with E-state index in [9.17, 15) is 5.11 Å². The fraction of sp³-hybridized carbons (Fsp3) is 0.412. The van der Waals surface area contributed by atoms with Crippen LogP contribution in [0.25, 0.3) is 0 Å². The molecule has 0 aliphatic rings. The molecule has 1 aromatic carbocycles. The molecule has 1 aromatic heterocycles. The van der Waals surface area contributed by atoms with Crippen molar-refractivity contribution in [2.75, 3.05) is 13.2 Å². The Morgan fingerprint density at radius 3 is 2.76 bits per heavy atom. The van der Waals surface area contributed by atoms with Gasteiger partial charge in [-0.1, -0.05) is 23.8 Å². The van der Waals surface area contributed by atoms with Crippen LogP contribution in [0, 0.1) is 13.8 Å². The van der Waals surface area contributed by atoms with Gasteiger partial charge in [0, 0.05) is 17.5 Å². The summed E-state index contributed by atoms with van der Waals surface area (Å²) in [6.45, 7) is 6.99. The number of rotatable bonds is 7. The summed E-state index contributed by atoms with van der Waals surface area (Å²) in [6, 6.07) is 10.4. The first-order valence-corrected chi connectivity index (χ1v) is 8.09. The monoisotopic (exact) mass is 305 g/mol. The molecule has 0 aliphatic heterocycles. The fourth-order valence-corrected chi connectivity index (χ4v) is 2.92. The molecular formula is C17H23NO2S. The molecule has 114 valence electrons. The number of hydrogen-bond acceptors (Lipinski definition) is 4. The van der Waals surface area contributed by atoms with Crippen LogP contribution in [0.3, 0.4) is 0 Å². The van der Waals surface area contributed by atoms with Crippen molar-refractivity contribution in [3.8, 4) is 5.75 Å². The van der Waals surface area contributed by atoms with E-state index in [0.29, 0.717) is 13.2 Å². The summed E-state index contributed by atoms with van der Waals surface area (Å²) in [4.78, 5) is 1.28. The molecule has 21 heavy (non-hydrogen) atoms. The maximum atomic E-state index is 10.0. The van der Waals surface area contributed by atoms with Crippen molar-refractivity contribution in [3.63, 3.8) is 0 Å². The van der Waals surface area contributed by atoms with E-state index in [2.05, 4.69) is 36.7 Å². The molecule has 2 N–H and O–H groups in total. The van der Waals surface area contributed by atoms with Crippen molar-refractivity contribution >= 4 is 11.3 Å². The second-order valence-electron chi connectivity index (χ2n) is 5.38. The Balaban J connectivity index is 1.75. The molecule has 2 rings (SSSR count). The minimum Gasteiger partial charge on any atom is -0.491 e. The summed E-state index contributed by atoms with van der Waals surface area (Å²) in [7, 11) is 0. The maximum absolute atomic E-state index is 10.0. The van der Waals surface area contributed by atoms with Gasteiger partial charge in [0.15, 0.2) is 0 Å². The lowest BCUT2D eigenvalue weighted by atomic mass is 10.1. The Kier molecular flexibility index (Phi) is 5.79. The van der Waals surface area contributed by atoms with Gasteiger partial charge in [-0.3, -0.25) is 0 Å². The Bertz CT molecular complexity index is 554. The number of thiophene rings is 1. The lowest BCUT2D eigenvalue weighted by molar-refractivity contribution is 0.104. The predicted molar refractivity (Wildman–Crippen MR) is 88.2 cm³/mol. The van der Waals surface area contributed by atoms with Gasteiger partial charge in [-0.15, -0.1) is 11.3 Å². The number of benzene rings is 1. The van der Waals surface area contributed by atoms with E-state index in [1.165, 1.54) is 10.4 Å². The number of aliphatic hydroxyl groups excluding tert-OH is 1. The van der Waals surface area contributed by atoms with E-state index in [1.807, 2.05) is 25.1 Å². The smallest absolute Gasteiger partial charge is 0.122 e. The molecule has 1 unspecified atom stereocenters. The third kappa shape index (κ3) is 4.84. The lowest BCUT2D eigenvalue weighted by Gasteiger charge is -2.17. The second kappa shape index (κ2) is 7.59. The molecular weight excluding hydrogens is 282 g/mol. The molecule has 0 amide bonds. The van der Waals surface area contributed by atoms with Gasteiger partial charge >= 0.3 is 0 Å². The minimum absolute atomic E-state index is 0.251. The molecule has 0 saturated heterocycles. The average Bonchev–Trinajstić information content (AvgIpc) is 2.98. The number of aryl methyl sites for hydroxylation is 2. The van der Waals surface area contributed by atoms with Gasteiger partial charge in [0.25, 0.3) is 0 Å². The zero-order valence-electron chi connectivity index (χ0n) is 12.8. The highest BCUT2D eigenvalue weighted by Crippen LogP contribution is 2.19. The van der Waals surface area contributed by atoms with Crippen molar-refractivity contribution in [3.05, 3.63) is 51.7 Å². The Labute approximate surface area is 130 Å². The second-order valence-corrected chi connectivity index (χ2v) is 6.36. The third-order valence-corrected chi connectivity index (χ3v) is 4.45. The van der Waals surface area contributed by atoms with Crippen LogP contribution in [-0.4, -0.2) is 24.4 Å². The van der Waals surface area contributed by atoms with E-state index in [4.69, 9.17) is 4.74 Å². The van der Waals surface area contributed by atoms with E-state index in [0.717, 1.165) is 11.3 Å². The van der Waals surface area contributed by atoms with Gasteiger partial charge in [0.2, 0.25) is 0 Å². The summed E-state index contributed by atoms with van der Waals surface area (Å²) in [5.41, 5.74) is 2.31. The Hall–Kier alpha value is -1.36. The summed E-state index contributed by atoms with van der Waals surface area (Å²) < 4.78 is 5.69. The summed E-state index contributed by atoms with van der Waals surface area (Å²) in [5.74, 6) is 0.839. The highest BCUT2D eigenvalue weighted by atomic mass is 32.1. The molecule has 4 heteroatoms. The Morgan fingerprint density at radius 2 is 2.10 bits per heavy atom. The number of nitrogens with one attached hydrogen (secondary N) is 1. The van der Waals surface area contributed by atoms with Gasteiger partial charge in [-0.25, -0.2) is 0 Å². The number of ether oxygens (including phenoxy) is 1.